The Labute approximate surface area is 123 Å². The van der Waals surface area contributed by atoms with Crippen molar-refractivity contribution in [3.05, 3.63) is 18.2 Å². The molecule has 1 unspecified atom stereocenters. The highest BCUT2D eigenvalue weighted by atomic mass is 32.2. The lowest BCUT2D eigenvalue weighted by atomic mass is 10.1. The Morgan fingerprint density at radius 2 is 2.24 bits per heavy atom. The third-order valence-corrected chi connectivity index (χ3v) is 4.56. The van der Waals surface area contributed by atoms with Gasteiger partial charge in [-0.15, -0.1) is 0 Å². The van der Waals surface area contributed by atoms with Crippen molar-refractivity contribution in [2.45, 2.75) is 18.2 Å². The smallest absolute Gasteiger partial charge is 0.262 e. The van der Waals surface area contributed by atoms with Gasteiger partial charge >= 0.3 is 0 Å². The van der Waals surface area contributed by atoms with E-state index in [4.69, 9.17) is 9.84 Å². The zero-order valence-corrected chi connectivity index (χ0v) is 12.4. The first-order valence-corrected chi connectivity index (χ1v) is 8.08. The minimum Gasteiger partial charge on any atom is -0.482 e. The lowest BCUT2D eigenvalue weighted by molar-refractivity contribution is -0.118. The fourth-order valence-electron chi connectivity index (χ4n) is 1.89. The Hall–Kier alpha value is -1.64. The maximum atomic E-state index is 12.2. The molecule has 1 amide bonds. The molecule has 1 aliphatic heterocycles. The summed E-state index contributed by atoms with van der Waals surface area (Å²) in [7, 11) is -3.66. The predicted octanol–water partition coefficient (Wildman–Crippen LogP) is 0.314. The van der Waals surface area contributed by atoms with E-state index in [0.29, 0.717) is 17.9 Å². The number of carbonyl (C=O) groups excluding carboxylic acids is 1. The summed E-state index contributed by atoms with van der Waals surface area (Å²) in [5.41, 5.74) is 0.345. The number of sulfonamides is 1. The van der Waals surface area contributed by atoms with E-state index in [2.05, 4.69) is 10.0 Å². The van der Waals surface area contributed by atoms with E-state index in [1.807, 2.05) is 6.92 Å². The number of rotatable bonds is 6. The van der Waals surface area contributed by atoms with Crippen LogP contribution in [0.25, 0.3) is 0 Å². The molecule has 21 heavy (non-hydrogen) atoms. The number of aliphatic hydroxyl groups excluding tert-OH is 1. The van der Waals surface area contributed by atoms with Crippen LogP contribution in [0.3, 0.4) is 0 Å². The van der Waals surface area contributed by atoms with Crippen molar-refractivity contribution in [2.24, 2.45) is 5.92 Å². The van der Waals surface area contributed by atoms with Gasteiger partial charge in [-0.1, -0.05) is 6.92 Å². The Balaban J connectivity index is 2.13. The Morgan fingerprint density at radius 1 is 1.48 bits per heavy atom. The van der Waals surface area contributed by atoms with Crippen LogP contribution in [-0.2, 0) is 14.8 Å². The third-order valence-electron chi connectivity index (χ3n) is 3.14. The van der Waals surface area contributed by atoms with Gasteiger partial charge in [0.25, 0.3) is 5.91 Å². The Bertz CT molecular complexity index is 629. The number of amides is 1. The molecule has 0 radical (unpaired) electrons. The number of anilines is 1. The van der Waals surface area contributed by atoms with E-state index >= 15 is 0 Å². The lowest BCUT2D eigenvalue weighted by Gasteiger charge is -2.19. The SMILES string of the molecule is CC(CCO)CNS(=O)(=O)c1ccc2c(c1)NC(=O)CO2. The second-order valence-corrected chi connectivity index (χ2v) is 6.73. The predicted molar refractivity (Wildman–Crippen MR) is 76.6 cm³/mol. The van der Waals surface area contributed by atoms with Crippen molar-refractivity contribution in [3.63, 3.8) is 0 Å². The second-order valence-electron chi connectivity index (χ2n) is 4.96. The summed E-state index contributed by atoms with van der Waals surface area (Å²) in [4.78, 5) is 11.3. The topological polar surface area (TPSA) is 105 Å². The van der Waals surface area contributed by atoms with E-state index in [-0.39, 0.29) is 36.5 Å². The maximum absolute atomic E-state index is 12.2. The number of carbonyl (C=O) groups is 1. The van der Waals surface area contributed by atoms with Crippen molar-refractivity contribution >= 4 is 21.6 Å². The van der Waals surface area contributed by atoms with Crippen LogP contribution in [0.2, 0.25) is 0 Å². The van der Waals surface area contributed by atoms with Crippen LogP contribution in [0.5, 0.6) is 5.75 Å². The van der Waals surface area contributed by atoms with Gasteiger partial charge in [-0.25, -0.2) is 13.1 Å². The van der Waals surface area contributed by atoms with Crippen molar-refractivity contribution in [1.29, 1.82) is 0 Å². The van der Waals surface area contributed by atoms with Crippen LogP contribution < -0.4 is 14.8 Å². The summed E-state index contributed by atoms with van der Waals surface area (Å²) in [5, 5.41) is 11.4. The summed E-state index contributed by atoms with van der Waals surface area (Å²) in [6.07, 6.45) is 0.524. The highest BCUT2D eigenvalue weighted by Gasteiger charge is 2.21. The van der Waals surface area contributed by atoms with Crippen LogP contribution in [0.15, 0.2) is 23.1 Å². The first-order chi connectivity index (χ1) is 9.92. The largest absolute Gasteiger partial charge is 0.482 e. The first-order valence-electron chi connectivity index (χ1n) is 6.59. The molecule has 1 aliphatic rings. The number of fused-ring (bicyclic) bond motifs is 1. The number of hydrogen-bond acceptors (Lipinski definition) is 5. The summed E-state index contributed by atoms with van der Waals surface area (Å²) in [6.45, 7) is 2.03. The molecule has 0 aliphatic carbocycles. The van der Waals surface area contributed by atoms with Gasteiger partial charge in [0.2, 0.25) is 10.0 Å². The molecule has 0 fully saturated rings. The molecule has 116 valence electrons. The zero-order valence-electron chi connectivity index (χ0n) is 11.6. The molecule has 0 aromatic heterocycles. The van der Waals surface area contributed by atoms with E-state index in [1.165, 1.54) is 18.2 Å². The lowest BCUT2D eigenvalue weighted by Crippen LogP contribution is -2.29. The van der Waals surface area contributed by atoms with Crippen molar-refractivity contribution in [3.8, 4) is 5.75 Å². The maximum Gasteiger partial charge on any atom is 0.262 e. The van der Waals surface area contributed by atoms with E-state index < -0.39 is 10.0 Å². The minimum absolute atomic E-state index is 0.0190. The zero-order chi connectivity index (χ0) is 15.5. The van der Waals surface area contributed by atoms with Gasteiger partial charge < -0.3 is 15.2 Å². The molecule has 0 saturated carbocycles. The Kier molecular flexibility index (Phi) is 4.81. The van der Waals surface area contributed by atoms with Crippen LogP contribution in [-0.4, -0.2) is 39.2 Å². The number of ether oxygens (including phenoxy) is 1. The third kappa shape index (κ3) is 3.93. The highest BCUT2D eigenvalue weighted by molar-refractivity contribution is 7.89. The minimum atomic E-state index is -3.66. The monoisotopic (exact) mass is 314 g/mol. The molecule has 3 N–H and O–H groups in total. The highest BCUT2D eigenvalue weighted by Crippen LogP contribution is 2.29. The first kappa shape index (κ1) is 15.7. The van der Waals surface area contributed by atoms with Crippen molar-refractivity contribution < 1.29 is 23.1 Å². The molecule has 1 heterocycles. The molecular weight excluding hydrogens is 296 g/mol. The van der Waals surface area contributed by atoms with Gasteiger partial charge in [-0.3, -0.25) is 4.79 Å². The summed E-state index contributed by atoms with van der Waals surface area (Å²) >= 11 is 0. The molecule has 1 aromatic carbocycles. The molecular formula is C13H18N2O5S. The fraction of sp³-hybridized carbons (Fsp3) is 0.462. The van der Waals surface area contributed by atoms with Crippen molar-refractivity contribution in [1.82, 2.24) is 4.72 Å². The molecule has 7 nitrogen and oxygen atoms in total. The van der Waals surface area contributed by atoms with Crippen molar-refractivity contribution in [2.75, 3.05) is 25.1 Å². The molecule has 2 rings (SSSR count). The van der Waals surface area contributed by atoms with Gasteiger partial charge in [0.15, 0.2) is 6.61 Å². The van der Waals surface area contributed by atoms with Crippen LogP contribution in [0.4, 0.5) is 5.69 Å². The van der Waals surface area contributed by atoms with E-state index in [0.717, 1.165) is 0 Å². The molecule has 8 heteroatoms. The van der Waals surface area contributed by atoms with Gasteiger partial charge in [0, 0.05) is 13.2 Å². The summed E-state index contributed by atoms with van der Waals surface area (Å²) in [6, 6.07) is 4.31. The van der Waals surface area contributed by atoms with Gasteiger partial charge in [-0.05, 0) is 30.5 Å². The Morgan fingerprint density at radius 3 is 2.95 bits per heavy atom. The van der Waals surface area contributed by atoms with E-state index in [1.54, 1.807) is 0 Å². The number of benzene rings is 1. The molecule has 1 aromatic rings. The number of hydrogen-bond donors (Lipinski definition) is 3. The van der Waals surface area contributed by atoms with E-state index in [9.17, 15) is 13.2 Å². The van der Waals surface area contributed by atoms with Gasteiger partial charge in [-0.2, -0.15) is 0 Å². The van der Waals surface area contributed by atoms with Crippen LogP contribution in [0.1, 0.15) is 13.3 Å². The number of nitrogens with one attached hydrogen (secondary N) is 2. The average Bonchev–Trinajstić information content (AvgIpc) is 2.45. The fourth-order valence-corrected chi connectivity index (χ4v) is 3.08. The van der Waals surface area contributed by atoms with Gasteiger partial charge in [0.05, 0.1) is 10.6 Å². The van der Waals surface area contributed by atoms with Gasteiger partial charge in [0.1, 0.15) is 5.75 Å². The summed E-state index contributed by atoms with van der Waals surface area (Å²) < 4.78 is 32.0. The normalized spacial score (nSPS) is 15.8. The standard InChI is InChI=1S/C13H18N2O5S/c1-9(4-5-16)7-14-21(18,19)10-2-3-12-11(6-10)15-13(17)8-20-12/h2-3,6,9,14,16H,4-5,7-8H2,1H3,(H,15,17). The molecule has 0 spiro atoms. The molecule has 0 saturated heterocycles. The average molecular weight is 314 g/mol. The van der Waals surface area contributed by atoms with Crippen LogP contribution in [0, 0.1) is 5.92 Å². The summed E-state index contributed by atoms with van der Waals surface area (Å²) in [5.74, 6) is 0.161. The number of aliphatic hydroxyl groups is 1. The quantitative estimate of drug-likeness (QED) is 0.701. The molecule has 1 atom stereocenters. The second kappa shape index (κ2) is 6.42. The molecule has 0 bridgehead atoms. The van der Waals surface area contributed by atoms with Crippen LogP contribution >= 0.6 is 0 Å².